The zero-order chi connectivity index (χ0) is 11.6. The van der Waals surface area contributed by atoms with Crippen LogP contribution in [-0.2, 0) is 4.79 Å². The molecule has 0 fully saturated rings. The maximum absolute atomic E-state index is 10.6. The second kappa shape index (κ2) is 4.76. The lowest BCUT2D eigenvalue weighted by molar-refractivity contribution is -0.136. The fraction of sp³-hybridized carbons (Fsp3) is 0.444. The Morgan fingerprint density at radius 2 is 2.27 bits per heavy atom. The number of aryl methyl sites for hydroxylation is 2. The van der Waals surface area contributed by atoms with E-state index in [-0.39, 0.29) is 0 Å². The van der Waals surface area contributed by atoms with Crippen molar-refractivity contribution in [1.82, 2.24) is 9.78 Å². The minimum atomic E-state index is -0.871. The van der Waals surface area contributed by atoms with Crippen LogP contribution in [0.3, 0.4) is 0 Å². The predicted octanol–water partition coefficient (Wildman–Crippen LogP) is 1.84. The van der Waals surface area contributed by atoms with E-state index in [1.165, 1.54) is 0 Å². The molecular formula is C9H12N2O2S2. The normalized spacial score (nSPS) is 12.5. The number of aromatic nitrogens is 2. The van der Waals surface area contributed by atoms with E-state index in [2.05, 4.69) is 5.10 Å². The monoisotopic (exact) mass is 244 g/mol. The Morgan fingerprint density at radius 3 is 2.67 bits per heavy atom. The van der Waals surface area contributed by atoms with Crippen molar-refractivity contribution in [1.29, 1.82) is 0 Å². The number of hydrogen-bond acceptors (Lipinski definition) is 4. The lowest BCUT2D eigenvalue weighted by Gasteiger charge is -2.08. The van der Waals surface area contributed by atoms with Crippen LogP contribution in [0, 0.1) is 13.8 Å². The fourth-order valence-electron chi connectivity index (χ4n) is 1.07. The van der Waals surface area contributed by atoms with Crippen LogP contribution < -0.4 is 0 Å². The van der Waals surface area contributed by atoms with E-state index in [1.54, 1.807) is 11.6 Å². The Hall–Kier alpha value is -0.880. The van der Waals surface area contributed by atoms with Gasteiger partial charge in [-0.3, -0.25) is 4.79 Å². The SMILES string of the molecule is Cc1cc(C)n(C(=S)SC(C)C(=O)O)n1. The highest BCUT2D eigenvalue weighted by Crippen LogP contribution is 2.16. The van der Waals surface area contributed by atoms with Gasteiger partial charge < -0.3 is 5.11 Å². The maximum Gasteiger partial charge on any atom is 0.316 e. The third-order valence-electron chi connectivity index (χ3n) is 1.81. The lowest BCUT2D eigenvalue weighted by atomic mass is 10.4. The highest BCUT2D eigenvalue weighted by molar-refractivity contribution is 8.23. The van der Waals surface area contributed by atoms with E-state index in [1.807, 2.05) is 19.9 Å². The summed E-state index contributed by atoms with van der Waals surface area (Å²) >= 11 is 6.24. The molecule has 15 heavy (non-hydrogen) atoms. The summed E-state index contributed by atoms with van der Waals surface area (Å²) in [6, 6.07) is 1.90. The van der Waals surface area contributed by atoms with Crippen LogP contribution in [0.5, 0.6) is 0 Å². The van der Waals surface area contributed by atoms with Gasteiger partial charge >= 0.3 is 5.97 Å². The molecule has 0 saturated heterocycles. The highest BCUT2D eigenvalue weighted by atomic mass is 32.2. The van der Waals surface area contributed by atoms with Gasteiger partial charge in [-0.2, -0.15) is 5.10 Å². The molecule has 0 aliphatic rings. The van der Waals surface area contributed by atoms with Gasteiger partial charge in [0, 0.05) is 5.69 Å². The molecule has 1 N–H and O–H groups in total. The number of carboxylic acids is 1. The molecule has 0 amide bonds. The zero-order valence-corrected chi connectivity index (χ0v) is 10.4. The topological polar surface area (TPSA) is 55.1 Å². The molecule has 0 radical (unpaired) electrons. The second-order valence-corrected chi connectivity index (χ2v) is 5.18. The Morgan fingerprint density at radius 1 is 1.67 bits per heavy atom. The van der Waals surface area contributed by atoms with Crippen molar-refractivity contribution in [3.63, 3.8) is 0 Å². The summed E-state index contributed by atoms with van der Waals surface area (Å²) < 4.78 is 2.06. The van der Waals surface area contributed by atoms with Crippen molar-refractivity contribution < 1.29 is 9.90 Å². The van der Waals surface area contributed by atoms with Gasteiger partial charge in [0.25, 0.3) is 0 Å². The molecule has 0 aromatic carbocycles. The number of aliphatic carboxylic acids is 1. The van der Waals surface area contributed by atoms with Crippen molar-refractivity contribution in [3.8, 4) is 0 Å². The number of thioether (sulfide) groups is 1. The number of rotatable bonds is 2. The molecule has 4 nitrogen and oxygen atoms in total. The van der Waals surface area contributed by atoms with E-state index < -0.39 is 11.2 Å². The molecule has 1 aromatic rings. The maximum atomic E-state index is 10.6. The summed E-state index contributed by atoms with van der Waals surface area (Å²) in [4.78, 5) is 10.6. The third kappa shape index (κ3) is 3.04. The largest absolute Gasteiger partial charge is 0.480 e. The first-order valence-electron chi connectivity index (χ1n) is 4.39. The van der Waals surface area contributed by atoms with E-state index in [0.717, 1.165) is 23.1 Å². The third-order valence-corrected chi connectivity index (χ3v) is 3.20. The number of nitrogens with zero attached hydrogens (tertiary/aromatic N) is 2. The highest BCUT2D eigenvalue weighted by Gasteiger charge is 2.16. The summed E-state index contributed by atoms with van der Waals surface area (Å²) in [5.41, 5.74) is 1.79. The summed E-state index contributed by atoms with van der Waals surface area (Å²) in [6.07, 6.45) is 0. The molecule has 0 spiro atoms. The van der Waals surface area contributed by atoms with Crippen molar-refractivity contribution in [2.24, 2.45) is 0 Å². The first-order valence-corrected chi connectivity index (χ1v) is 5.67. The molecule has 82 valence electrons. The van der Waals surface area contributed by atoms with Gasteiger partial charge in [-0.25, -0.2) is 4.68 Å². The Labute approximate surface area is 97.7 Å². The van der Waals surface area contributed by atoms with Crippen LogP contribution in [0.4, 0.5) is 0 Å². The summed E-state index contributed by atoms with van der Waals surface area (Å²) in [5, 5.41) is 12.4. The zero-order valence-electron chi connectivity index (χ0n) is 8.72. The summed E-state index contributed by atoms with van der Waals surface area (Å²) in [6.45, 7) is 5.36. The minimum Gasteiger partial charge on any atom is -0.480 e. The number of hydrogen-bond donors (Lipinski definition) is 1. The number of carbonyl (C=O) groups is 1. The van der Waals surface area contributed by atoms with Crippen LogP contribution in [0.1, 0.15) is 18.3 Å². The number of thiocarbonyl (C=S) groups is 1. The fourth-order valence-corrected chi connectivity index (χ4v) is 2.37. The molecule has 1 unspecified atom stereocenters. The standard InChI is InChI=1S/C9H12N2O2S2/c1-5-4-6(2)11(10-5)9(14)15-7(3)8(12)13/h4,7H,1-3H3,(H,12,13). The van der Waals surface area contributed by atoms with Crippen molar-refractivity contribution in [3.05, 3.63) is 17.5 Å². The van der Waals surface area contributed by atoms with Gasteiger partial charge in [0.05, 0.1) is 5.69 Å². The smallest absolute Gasteiger partial charge is 0.316 e. The molecule has 0 aliphatic carbocycles. The van der Waals surface area contributed by atoms with E-state index >= 15 is 0 Å². The first kappa shape index (κ1) is 12.2. The molecule has 6 heteroatoms. The van der Waals surface area contributed by atoms with Crippen LogP contribution in [0.15, 0.2) is 6.07 Å². The van der Waals surface area contributed by atoms with Crippen LogP contribution >= 0.6 is 24.0 Å². The Kier molecular flexibility index (Phi) is 3.87. The van der Waals surface area contributed by atoms with Crippen LogP contribution in [0.2, 0.25) is 0 Å². The van der Waals surface area contributed by atoms with Gasteiger partial charge in [-0.05, 0) is 26.8 Å². The molecule has 1 rings (SSSR count). The lowest BCUT2D eigenvalue weighted by Crippen LogP contribution is -2.18. The van der Waals surface area contributed by atoms with Crippen molar-refractivity contribution in [2.75, 3.05) is 0 Å². The van der Waals surface area contributed by atoms with Gasteiger partial charge in [0.1, 0.15) is 5.25 Å². The Bertz CT molecular complexity index is 401. The van der Waals surface area contributed by atoms with Gasteiger partial charge in [-0.1, -0.05) is 24.0 Å². The van der Waals surface area contributed by atoms with Crippen molar-refractivity contribution >= 4 is 34.3 Å². The molecule has 1 heterocycles. The van der Waals surface area contributed by atoms with Gasteiger partial charge in [-0.15, -0.1) is 0 Å². The molecule has 0 bridgehead atoms. The molecule has 0 saturated carbocycles. The van der Waals surface area contributed by atoms with E-state index in [9.17, 15) is 4.79 Å². The Balaban J connectivity index is 2.77. The minimum absolute atomic E-state index is 0.468. The van der Waals surface area contributed by atoms with Gasteiger partial charge in [0.15, 0.2) is 4.32 Å². The quantitative estimate of drug-likeness (QED) is 0.804. The summed E-state index contributed by atoms with van der Waals surface area (Å²) in [7, 11) is 0. The molecule has 1 atom stereocenters. The summed E-state index contributed by atoms with van der Waals surface area (Å²) in [5.74, 6) is -0.871. The molecular weight excluding hydrogens is 232 g/mol. The molecule has 1 aromatic heterocycles. The average Bonchev–Trinajstić information content (AvgIpc) is 2.44. The predicted molar refractivity (Wildman–Crippen MR) is 64.4 cm³/mol. The first-order chi connectivity index (χ1) is 6.91. The number of carboxylic acid groups (broad SMARTS) is 1. The van der Waals surface area contributed by atoms with E-state index in [4.69, 9.17) is 17.3 Å². The molecule has 0 aliphatic heterocycles. The van der Waals surface area contributed by atoms with Crippen LogP contribution in [-0.4, -0.2) is 30.4 Å². The van der Waals surface area contributed by atoms with Crippen LogP contribution in [0.25, 0.3) is 0 Å². The van der Waals surface area contributed by atoms with Crippen molar-refractivity contribution in [2.45, 2.75) is 26.0 Å². The van der Waals surface area contributed by atoms with E-state index in [0.29, 0.717) is 4.32 Å². The van der Waals surface area contributed by atoms with Gasteiger partial charge in [0.2, 0.25) is 0 Å². The second-order valence-electron chi connectivity index (χ2n) is 3.20. The average molecular weight is 244 g/mol.